The van der Waals surface area contributed by atoms with E-state index in [-0.39, 0.29) is 22.8 Å². The molecule has 3 aromatic rings. The van der Waals surface area contributed by atoms with E-state index < -0.39 is 15.9 Å². The number of benzene rings is 2. The minimum absolute atomic E-state index is 0.168. The first-order valence-corrected chi connectivity index (χ1v) is 15.6. The second-order valence-electron chi connectivity index (χ2n) is 11.7. The molecule has 0 saturated heterocycles. The highest BCUT2D eigenvalue weighted by Crippen LogP contribution is 2.39. The first kappa shape index (κ1) is 30.1. The number of ether oxygens (including phenoxy) is 1. The van der Waals surface area contributed by atoms with Crippen molar-refractivity contribution in [3.63, 3.8) is 0 Å². The molecule has 0 bridgehead atoms. The van der Waals surface area contributed by atoms with Crippen LogP contribution in [0, 0.1) is 12.8 Å². The van der Waals surface area contributed by atoms with Crippen LogP contribution in [0.1, 0.15) is 78.3 Å². The Hall–Kier alpha value is -3.86. The third-order valence-corrected chi connectivity index (χ3v) is 7.88. The van der Waals surface area contributed by atoms with E-state index in [1.807, 2.05) is 33.8 Å². The molecular formula is C30H39N5O5S. The lowest BCUT2D eigenvalue weighted by molar-refractivity contribution is 0.0946. The van der Waals surface area contributed by atoms with Gasteiger partial charge in [-0.25, -0.2) is 13.1 Å². The molecule has 1 aliphatic carbocycles. The number of nitrogens with one attached hydrogen (secondary N) is 3. The molecule has 1 saturated carbocycles. The summed E-state index contributed by atoms with van der Waals surface area (Å²) in [5, 5.41) is 10.3. The Morgan fingerprint density at radius 3 is 2.37 bits per heavy atom. The Labute approximate surface area is 241 Å². The molecule has 1 aromatic heterocycles. The summed E-state index contributed by atoms with van der Waals surface area (Å²) in [6.07, 6.45) is 8.97. The fourth-order valence-corrected chi connectivity index (χ4v) is 5.52. The van der Waals surface area contributed by atoms with Crippen LogP contribution < -0.4 is 20.1 Å². The van der Waals surface area contributed by atoms with Crippen LogP contribution in [0.3, 0.4) is 0 Å². The van der Waals surface area contributed by atoms with Crippen molar-refractivity contribution in [1.82, 2.24) is 15.1 Å². The average Bonchev–Trinajstić information content (AvgIpc) is 3.58. The van der Waals surface area contributed by atoms with Crippen molar-refractivity contribution in [2.45, 2.75) is 58.8 Å². The number of nitrogens with zero attached hydrogens (tertiary/aromatic N) is 2. The number of hydrogen-bond acceptors (Lipinski definition) is 6. The van der Waals surface area contributed by atoms with E-state index in [0.29, 0.717) is 35.0 Å². The van der Waals surface area contributed by atoms with Gasteiger partial charge in [0, 0.05) is 18.3 Å². The molecule has 10 nitrogen and oxygen atoms in total. The maximum Gasteiger partial charge on any atom is 0.255 e. The summed E-state index contributed by atoms with van der Waals surface area (Å²) < 4.78 is 33.7. The molecule has 0 spiro atoms. The lowest BCUT2D eigenvalue weighted by Gasteiger charge is -2.24. The predicted octanol–water partition coefficient (Wildman–Crippen LogP) is 5.03. The summed E-state index contributed by atoms with van der Waals surface area (Å²) in [5.74, 6) is 0.151. The molecule has 3 N–H and O–H groups in total. The molecule has 2 amide bonds. The largest absolute Gasteiger partial charge is 0.492 e. The van der Waals surface area contributed by atoms with E-state index in [4.69, 9.17) is 4.74 Å². The smallest absolute Gasteiger partial charge is 0.255 e. The van der Waals surface area contributed by atoms with E-state index >= 15 is 0 Å². The molecule has 0 radical (unpaired) electrons. The monoisotopic (exact) mass is 581 g/mol. The van der Waals surface area contributed by atoms with Crippen LogP contribution in [0.5, 0.6) is 5.75 Å². The summed E-state index contributed by atoms with van der Waals surface area (Å²) in [4.78, 5) is 26.2. The van der Waals surface area contributed by atoms with E-state index in [1.165, 1.54) is 26.1 Å². The van der Waals surface area contributed by atoms with Gasteiger partial charge in [-0.2, -0.15) is 5.10 Å². The zero-order chi connectivity index (χ0) is 29.9. The molecule has 4 rings (SSSR count). The van der Waals surface area contributed by atoms with Gasteiger partial charge in [-0.3, -0.25) is 14.3 Å². The Bertz CT molecular complexity index is 1550. The van der Waals surface area contributed by atoms with Crippen molar-refractivity contribution in [3.05, 3.63) is 65.0 Å². The third kappa shape index (κ3) is 7.46. The van der Waals surface area contributed by atoms with Gasteiger partial charge in [0.1, 0.15) is 0 Å². The summed E-state index contributed by atoms with van der Waals surface area (Å²) in [7, 11) is -2.19. The second-order valence-corrected chi connectivity index (χ2v) is 13.5. The molecular weight excluding hydrogens is 542 g/mol. The molecule has 11 heteroatoms. The molecule has 0 unspecified atom stereocenters. The Kier molecular flexibility index (Phi) is 8.77. The fourth-order valence-electron chi connectivity index (χ4n) is 4.97. The Balaban J connectivity index is 1.59. The molecule has 220 valence electrons. The molecule has 1 fully saturated rings. The number of hydrogen-bond donors (Lipinski definition) is 3. The van der Waals surface area contributed by atoms with Crippen LogP contribution >= 0.6 is 0 Å². The number of aryl methyl sites for hydroxylation is 1. The van der Waals surface area contributed by atoms with Crippen molar-refractivity contribution in [3.8, 4) is 11.4 Å². The summed E-state index contributed by atoms with van der Waals surface area (Å²) in [6, 6.07) is 8.70. The standard InChI is InChI=1S/C30H39N5O5S/c1-19-11-12-21(13-26(19)35-18-22(17-32-35)28(36)31-16-20-9-7-8-10-20)29(37)33-24-14-23(30(2,3)4)15-25(27(24)40-5)34-41(6,38)39/h11-15,17-18,20,34H,7-10,16H2,1-6H3,(H,31,36)(H,33,37). The van der Waals surface area contributed by atoms with Crippen LogP contribution in [0.25, 0.3) is 5.69 Å². The zero-order valence-electron chi connectivity index (χ0n) is 24.5. The van der Waals surface area contributed by atoms with Crippen molar-refractivity contribution in [2.75, 3.05) is 29.9 Å². The molecule has 1 aliphatic rings. The highest BCUT2D eigenvalue weighted by molar-refractivity contribution is 7.92. The highest BCUT2D eigenvalue weighted by atomic mass is 32.2. The topological polar surface area (TPSA) is 131 Å². The molecule has 41 heavy (non-hydrogen) atoms. The number of carbonyl (C=O) groups excluding carboxylic acids is 2. The number of anilines is 2. The van der Waals surface area contributed by atoms with Crippen LogP contribution in [0.15, 0.2) is 42.7 Å². The van der Waals surface area contributed by atoms with Gasteiger partial charge in [0.2, 0.25) is 10.0 Å². The normalized spacial score (nSPS) is 14.1. The lowest BCUT2D eigenvalue weighted by Crippen LogP contribution is -2.28. The summed E-state index contributed by atoms with van der Waals surface area (Å²) in [6.45, 7) is 8.54. The lowest BCUT2D eigenvalue weighted by atomic mass is 9.86. The minimum Gasteiger partial charge on any atom is -0.492 e. The molecule has 1 heterocycles. The van der Waals surface area contributed by atoms with Gasteiger partial charge in [-0.05, 0) is 66.5 Å². The van der Waals surface area contributed by atoms with Crippen molar-refractivity contribution in [2.24, 2.45) is 5.92 Å². The Morgan fingerprint density at radius 1 is 1.05 bits per heavy atom. The maximum atomic E-state index is 13.5. The predicted molar refractivity (Wildman–Crippen MR) is 161 cm³/mol. The fraction of sp³-hybridized carbons (Fsp3) is 0.433. The SMILES string of the molecule is COc1c(NC(=O)c2ccc(C)c(-n3cc(C(=O)NCC4CCCC4)cn3)c2)cc(C(C)(C)C)cc1NS(C)(=O)=O. The van der Waals surface area contributed by atoms with E-state index in [0.717, 1.165) is 30.2 Å². The summed E-state index contributed by atoms with van der Waals surface area (Å²) in [5.41, 5.74) is 3.37. The molecule has 0 atom stereocenters. The average molecular weight is 582 g/mol. The van der Waals surface area contributed by atoms with Crippen LogP contribution in [-0.2, 0) is 15.4 Å². The van der Waals surface area contributed by atoms with Gasteiger partial charge in [0.05, 0.1) is 42.2 Å². The van der Waals surface area contributed by atoms with Gasteiger partial charge in [0.25, 0.3) is 11.8 Å². The van der Waals surface area contributed by atoms with Crippen molar-refractivity contribution >= 4 is 33.2 Å². The number of methoxy groups -OCH3 is 1. The molecule has 0 aliphatic heterocycles. The number of rotatable bonds is 9. The van der Waals surface area contributed by atoms with Gasteiger partial charge < -0.3 is 15.4 Å². The van der Waals surface area contributed by atoms with Gasteiger partial charge in [-0.1, -0.05) is 39.7 Å². The zero-order valence-corrected chi connectivity index (χ0v) is 25.3. The van der Waals surface area contributed by atoms with E-state index in [1.54, 1.807) is 35.1 Å². The first-order chi connectivity index (χ1) is 19.2. The minimum atomic E-state index is -3.60. The van der Waals surface area contributed by atoms with Crippen molar-refractivity contribution in [1.29, 1.82) is 0 Å². The number of aromatic nitrogens is 2. The van der Waals surface area contributed by atoms with Crippen LogP contribution in [0.4, 0.5) is 11.4 Å². The third-order valence-electron chi connectivity index (χ3n) is 7.29. The van der Waals surface area contributed by atoms with Gasteiger partial charge in [-0.15, -0.1) is 0 Å². The maximum absolute atomic E-state index is 13.5. The van der Waals surface area contributed by atoms with E-state index in [2.05, 4.69) is 20.5 Å². The highest BCUT2D eigenvalue weighted by Gasteiger charge is 2.23. The van der Waals surface area contributed by atoms with Gasteiger partial charge in [0.15, 0.2) is 5.75 Å². The van der Waals surface area contributed by atoms with Crippen LogP contribution in [-0.4, -0.2) is 49.9 Å². The quantitative estimate of drug-likeness (QED) is 0.325. The Morgan fingerprint density at radius 2 is 1.73 bits per heavy atom. The summed E-state index contributed by atoms with van der Waals surface area (Å²) >= 11 is 0. The van der Waals surface area contributed by atoms with Crippen molar-refractivity contribution < 1.29 is 22.7 Å². The number of amides is 2. The first-order valence-electron chi connectivity index (χ1n) is 13.7. The number of sulfonamides is 1. The molecule has 2 aromatic carbocycles. The second kappa shape index (κ2) is 11.9. The number of carbonyl (C=O) groups is 2. The van der Waals surface area contributed by atoms with E-state index in [9.17, 15) is 18.0 Å². The van der Waals surface area contributed by atoms with Crippen LogP contribution in [0.2, 0.25) is 0 Å². The van der Waals surface area contributed by atoms with Gasteiger partial charge >= 0.3 is 0 Å².